The van der Waals surface area contributed by atoms with Gasteiger partial charge in [-0.15, -0.1) is 0 Å². The van der Waals surface area contributed by atoms with Gasteiger partial charge in [0.15, 0.2) is 0 Å². The molecule has 0 spiro atoms. The van der Waals surface area contributed by atoms with Crippen molar-refractivity contribution in [2.45, 2.75) is 13.5 Å². The monoisotopic (exact) mass is 324 g/mol. The van der Waals surface area contributed by atoms with Gasteiger partial charge in [0.25, 0.3) is 0 Å². The number of ether oxygens (including phenoxy) is 1. The SMILES string of the molecule is Cc1ccccc1-c1c(OCc2ccccc2)ccc2ccccc12. The first kappa shape index (κ1) is 15.5. The van der Waals surface area contributed by atoms with Crippen LogP contribution >= 0.6 is 0 Å². The van der Waals surface area contributed by atoms with E-state index in [1.165, 1.54) is 33.0 Å². The van der Waals surface area contributed by atoms with E-state index in [1.54, 1.807) is 0 Å². The molecule has 4 aromatic carbocycles. The molecule has 1 heteroatoms. The topological polar surface area (TPSA) is 9.23 Å². The van der Waals surface area contributed by atoms with Crippen LogP contribution in [0.2, 0.25) is 0 Å². The fourth-order valence-electron chi connectivity index (χ4n) is 3.24. The lowest BCUT2D eigenvalue weighted by Gasteiger charge is -2.16. The maximum absolute atomic E-state index is 6.24. The zero-order chi connectivity index (χ0) is 17.1. The fraction of sp³-hybridized carbons (Fsp3) is 0.0833. The molecule has 0 atom stereocenters. The van der Waals surface area contributed by atoms with Gasteiger partial charge in [-0.2, -0.15) is 0 Å². The summed E-state index contributed by atoms with van der Waals surface area (Å²) in [7, 11) is 0. The molecule has 4 aromatic rings. The number of rotatable bonds is 4. The van der Waals surface area contributed by atoms with Gasteiger partial charge in [-0.05, 0) is 40.5 Å². The van der Waals surface area contributed by atoms with Gasteiger partial charge >= 0.3 is 0 Å². The molecular formula is C24H20O. The molecule has 0 fully saturated rings. The Morgan fingerprint density at radius 3 is 2.24 bits per heavy atom. The second-order valence-corrected chi connectivity index (χ2v) is 6.25. The van der Waals surface area contributed by atoms with Crippen LogP contribution in [0.5, 0.6) is 5.75 Å². The lowest BCUT2D eigenvalue weighted by molar-refractivity contribution is 0.308. The quantitative estimate of drug-likeness (QED) is 0.422. The molecule has 25 heavy (non-hydrogen) atoms. The molecule has 0 aliphatic heterocycles. The van der Waals surface area contributed by atoms with E-state index < -0.39 is 0 Å². The molecule has 1 nitrogen and oxygen atoms in total. The van der Waals surface area contributed by atoms with Crippen LogP contribution in [-0.2, 0) is 6.61 Å². The van der Waals surface area contributed by atoms with Gasteiger partial charge in [0.1, 0.15) is 12.4 Å². The van der Waals surface area contributed by atoms with Crippen molar-refractivity contribution in [2.24, 2.45) is 0 Å². The zero-order valence-electron chi connectivity index (χ0n) is 14.3. The maximum Gasteiger partial charge on any atom is 0.128 e. The molecule has 0 N–H and O–H groups in total. The average molecular weight is 324 g/mol. The second kappa shape index (κ2) is 6.82. The normalized spacial score (nSPS) is 10.8. The second-order valence-electron chi connectivity index (χ2n) is 6.25. The molecule has 4 rings (SSSR count). The molecular weight excluding hydrogens is 304 g/mol. The number of hydrogen-bond donors (Lipinski definition) is 0. The van der Waals surface area contributed by atoms with E-state index in [9.17, 15) is 0 Å². The van der Waals surface area contributed by atoms with Gasteiger partial charge in [0, 0.05) is 5.56 Å². The zero-order valence-corrected chi connectivity index (χ0v) is 14.3. The summed E-state index contributed by atoms with van der Waals surface area (Å²) in [5.41, 5.74) is 4.82. The van der Waals surface area contributed by atoms with Crippen LogP contribution in [0.3, 0.4) is 0 Å². The summed E-state index contributed by atoms with van der Waals surface area (Å²) < 4.78 is 6.24. The Hall–Kier alpha value is -3.06. The van der Waals surface area contributed by atoms with Crippen molar-refractivity contribution in [3.8, 4) is 16.9 Å². The van der Waals surface area contributed by atoms with Crippen molar-refractivity contribution in [2.75, 3.05) is 0 Å². The van der Waals surface area contributed by atoms with Crippen molar-refractivity contribution in [1.82, 2.24) is 0 Å². The summed E-state index contributed by atoms with van der Waals surface area (Å²) in [5.74, 6) is 0.928. The van der Waals surface area contributed by atoms with E-state index in [0.29, 0.717) is 6.61 Å². The minimum Gasteiger partial charge on any atom is -0.488 e. The van der Waals surface area contributed by atoms with Crippen LogP contribution in [0.4, 0.5) is 0 Å². The number of benzene rings is 4. The summed E-state index contributed by atoms with van der Waals surface area (Å²) in [5, 5.41) is 2.45. The molecule has 122 valence electrons. The van der Waals surface area contributed by atoms with E-state index in [0.717, 1.165) is 5.75 Å². The largest absolute Gasteiger partial charge is 0.488 e. The number of hydrogen-bond acceptors (Lipinski definition) is 1. The van der Waals surface area contributed by atoms with Crippen LogP contribution in [-0.4, -0.2) is 0 Å². The summed E-state index contributed by atoms with van der Waals surface area (Å²) in [6.45, 7) is 2.72. The minimum absolute atomic E-state index is 0.568. The molecule has 0 aliphatic rings. The lowest BCUT2D eigenvalue weighted by Crippen LogP contribution is -1.98. The molecule has 0 aliphatic carbocycles. The highest BCUT2D eigenvalue weighted by Gasteiger charge is 2.13. The Labute approximate surface area is 148 Å². The van der Waals surface area contributed by atoms with Crippen molar-refractivity contribution < 1.29 is 4.74 Å². The summed E-state index contributed by atoms with van der Waals surface area (Å²) in [6.07, 6.45) is 0. The van der Waals surface area contributed by atoms with Crippen molar-refractivity contribution in [1.29, 1.82) is 0 Å². The minimum atomic E-state index is 0.568. The van der Waals surface area contributed by atoms with Gasteiger partial charge in [0.05, 0.1) is 0 Å². The maximum atomic E-state index is 6.24. The Kier molecular flexibility index (Phi) is 4.22. The molecule has 0 saturated carbocycles. The van der Waals surface area contributed by atoms with E-state index in [2.05, 4.69) is 79.7 Å². The highest BCUT2D eigenvalue weighted by Crippen LogP contribution is 2.38. The van der Waals surface area contributed by atoms with Gasteiger partial charge in [-0.1, -0.05) is 84.9 Å². The van der Waals surface area contributed by atoms with Crippen LogP contribution in [0, 0.1) is 6.92 Å². The van der Waals surface area contributed by atoms with Crippen molar-refractivity contribution >= 4 is 10.8 Å². The molecule has 0 amide bonds. The van der Waals surface area contributed by atoms with Gasteiger partial charge in [-0.25, -0.2) is 0 Å². The fourth-order valence-corrected chi connectivity index (χ4v) is 3.24. The Balaban J connectivity index is 1.84. The number of aryl methyl sites for hydroxylation is 1. The summed E-state index contributed by atoms with van der Waals surface area (Å²) in [4.78, 5) is 0. The predicted molar refractivity (Wildman–Crippen MR) is 105 cm³/mol. The predicted octanol–water partition coefficient (Wildman–Crippen LogP) is 6.39. The number of fused-ring (bicyclic) bond motifs is 1. The first-order valence-corrected chi connectivity index (χ1v) is 8.57. The van der Waals surface area contributed by atoms with Crippen LogP contribution in [0.1, 0.15) is 11.1 Å². The first-order valence-electron chi connectivity index (χ1n) is 8.57. The molecule has 0 aromatic heterocycles. The van der Waals surface area contributed by atoms with Gasteiger partial charge < -0.3 is 4.74 Å². The third-order valence-electron chi connectivity index (χ3n) is 4.54. The van der Waals surface area contributed by atoms with E-state index >= 15 is 0 Å². The third kappa shape index (κ3) is 3.14. The Morgan fingerprint density at radius 2 is 1.40 bits per heavy atom. The lowest BCUT2D eigenvalue weighted by atomic mass is 9.94. The smallest absolute Gasteiger partial charge is 0.128 e. The standard InChI is InChI=1S/C24H20O/c1-18-9-5-7-13-21(18)24-22-14-8-6-12-20(22)15-16-23(24)25-17-19-10-3-2-4-11-19/h2-16H,17H2,1H3. The molecule has 0 bridgehead atoms. The van der Waals surface area contributed by atoms with E-state index in [1.807, 2.05) is 18.2 Å². The highest BCUT2D eigenvalue weighted by atomic mass is 16.5. The highest BCUT2D eigenvalue weighted by molar-refractivity contribution is 6.00. The molecule has 0 saturated heterocycles. The molecule has 0 heterocycles. The van der Waals surface area contributed by atoms with E-state index in [4.69, 9.17) is 4.74 Å². The van der Waals surface area contributed by atoms with Crippen LogP contribution < -0.4 is 4.74 Å². The van der Waals surface area contributed by atoms with Gasteiger partial charge in [-0.3, -0.25) is 0 Å². The molecule has 0 unspecified atom stereocenters. The van der Waals surface area contributed by atoms with Gasteiger partial charge in [0.2, 0.25) is 0 Å². The molecule has 0 radical (unpaired) electrons. The van der Waals surface area contributed by atoms with E-state index in [-0.39, 0.29) is 0 Å². The summed E-state index contributed by atoms with van der Waals surface area (Å²) in [6, 6.07) is 31.5. The van der Waals surface area contributed by atoms with Crippen molar-refractivity contribution in [3.63, 3.8) is 0 Å². The van der Waals surface area contributed by atoms with Crippen LogP contribution in [0.25, 0.3) is 21.9 Å². The van der Waals surface area contributed by atoms with Crippen LogP contribution in [0.15, 0.2) is 91.0 Å². The average Bonchev–Trinajstić information content (AvgIpc) is 2.67. The van der Waals surface area contributed by atoms with Crippen molar-refractivity contribution in [3.05, 3.63) is 102 Å². The first-order chi connectivity index (χ1) is 12.3. The summed E-state index contributed by atoms with van der Waals surface area (Å²) >= 11 is 0. The Bertz CT molecular complexity index is 1000. The third-order valence-corrected chi connectivity index (χ3v) is 4.54. The Morgan fingerprint density at radius 1 is 0.680 bits per heavy atom.